The number of ether oxygens (including phenoxy) is 2. The normalized spacial score (nSPS) is 26.1. The van der Waals surface area contributed by atoms with Gasteiger partial charge in [0.05, 0.1) is 19.3 Å². The summed E-state index contributed by atoms with van der Waals surface area (Å²) in [7, 11) is 1.70. The van der Waals surface area contributed by atoms with E-state index in [1.54, 1.807) is 13.3 Å². The van der Waals surface area contributed by atoms with Crippen molar-refractivity contribution in [2.75, 3.05) is 20.2 Å². The van der Waals surface area contributed by atoms with Crippen molar-refractivity contribution in [3.8, 4) is 11.5 Å². The summed E-state index contributed by atoms with van der Waals surface area (Å²) in [6.45, 7) is 6.70. The van der Waals surface area contributed by atoms with Crippen molar-refractivity contribution < 1.29 is 14.6 Å². The predicted octanol–water partition coefficient (Wildman–Crippen LogP) is 4.40. The largest absolute Gasteiger partial charge is 0.493 e. The van der Waals surface area contributed by atoms with Gasteiger partial charge < -0.3 is 14.6 Å². The van der Waals surface area contributed by atoms with E-state index in [1.165, 1.54) is 24.0 Å². The van der Waals surface area contributed by atoms with Crippen LogP contribution in [0.4, 0.5) is 0 Å². The number of hydrogen-bond donors (Lipinski definition) is 1. The first-order valence-corrected chi connectivity index (χ1v) is 11.1. The molecule has 1 saturated carbocycles. The molecule has 0 bridgehead atoms. The second-order valence-corrected chi connectivity index (χ2v) is 9.20. The van der Waals surface area contributed by atoms with Gasteiger partial charge in [-0.2, -0.15) is 0 Å². The van der Waals surface area contributed by atoms with Gasteiger partial charge in [0, 0.05) is 43.4 Å². The molecular formula is C25H34N2O3. The van der Waals surface area contributed by atoms with Gasteiger partial charge in [0.2, 0.25) is 0 Å². The van der Waals surface area contributed by atoms with Crippen molar-refractivity contribution in [1.29, 1.82) is 0 Å². The van der Waals surface area contributed by atoms with Crippen molar-refractivity contribution in [1.82, 2.24) is 9.88 Å². The summed E-state index contributed by atoms with van der Waals surface area (Å²) in [5, 5.41) is 10.7. The van der Waals surface area contributed by atoms with Gasteiger partial charge in [-0.25, -0.2) is 0 Å². The summed E-state index contributed by atoms with van der Waals surface area (Å²) in [6, 6.07) is 10.4. The number of aromatic nitrogens is 1. The van der Waals surface area contributed by atoms with Crippen molar-refractivity contribution in [2.24, 2.45) is 5.41 Å². The zero-order valence-corrected chi connectivity index (χ0v) is 18.4. The molecule has 0 radical (unpaired) electrons. The summed E-state index contributed by atoms with van der Waals surface area (Å²) in [5.41, 5.74) is 2.17. The lowest BCUT2D eigenvalue weighted by atomic mass is 9.72. The molecule has 2 fully saturated rings. The number of methoxy groups -OCH3 is 1. The number of rotatable bonds is 7. The molecule has 2 heterocycles. The van der Waals surface area contributed by atoms with Gasteiger partial charge in [0.25, 0.3) is 0 Å². The average Bonchev–Trinajstić information content (AvgIpc) is 3.37. The Morgan fingerprint density at radius 1 is 1.23 bits per heavy atom. The maximum atomic E-state index is 10.7. The van der Waals surface area contributed by atoms with Crippen LogP contribution in [0.5, 0.6) is 11.5 Å². The third kappa shape index (κ3) is 4.33. The number of aliphatic hydroxyl groups is 1. The van der Waals surface area contributed by atoms with Crippen molar-refractivity contribution >= 4 is 0 Å². The molecule has 4 rings (SSSR count). The smallest absolute Gasteiger partial charge is 0.161 e. The summed E-state index contributed by atoms with van der Waals surface area (Å²) in [5.74, 6) is 1.83. The first-order chi connectivity index (χ1) is 14.5. The van der Waals surface area contributed by atoms with E-state index in [4.69, 9.17) is 9.47 Å². The van der Waals surface area contributed by atoms with E-state index in [-0.39, 0.29) is 17.4 Å². The zero-order chi connectivity index (χ0) is 21.1. The number of nitrogens with zero attached hydrogens (tertiary/aromatic N) is 2. The average molecular weight is 411 g/mol. The van der Waals surface area contributed by atoms with E-state index in [9.17, 15) is 5.11 Å². The minimum Gasteiger partial charge on any atom is -0.493 e. The molecule has 30 heavy (non-hydrogen) atoms. The summed E-state index contributed by atoms with van der Waals surface area (Å²) >= 11 is 0. The van der Waals surface area contributed by atoms with Crippen LogP contribution < -0.4 is 9.47 Å². The van der Waals surface area contributed by atoms with Gasteiger partial charge in [-0.1, -0.05) is 19.1 Å². The predicted molar refractivity (Wildman–Crippen MR) is 118 cm³/mol. The first kappa shape index (κ1) is 21.1. The van der Waals surface area contributed by atoms with Crippen LogP contribution in [0.15, 0.2) is 42.7 Å². The molecule has 1 aliphatic carbocycles. The fourth-order valence-corrected chi connectivity index (χ4v) is 5.09. The molecule has 2 aliphatic rings. The highest BCUT2D eigenvalue weighted by Gasteiger charge is 2.47. The summed E-state index contributed by atoms with van der Waals surface area (Å²) < 4.78 is 11.9. The number of pyridine rings is 1. The number of likely N-dealkylation sites (tertiary alicyclic amines) is 1. The standard InChI is InChI=1S/C25H34N2O3/c1-18(28)25(2)17-27(15-19-7-6-12-26-14-19)16-22(25)20-10-11-23(29-3)24(13-20)30-21-8-4-5-9-21/h6-7,10-14,18,21-22,28H,4-5,8-9,15-17H2,1-3H3/t18-,22+,25+/m1/s1. The highest BCUT2D eigenvalue weighted by molar-refractivity contribution is 5.45. The minimum absolute atomic E-state index is 0.214. The fraction of sp³-hybridized carbons (Fsp3) is 0.560. The number of aliphatic hydroxyl groups excluding tert-OH is 1. The Hall–Kier alpha value is -2.11. The maximum Gasteiger partial charge on any atom is 0.161 e. The van der Waals surface area contributed by atoms with E-state index in [0.29, 0.717) is 0 Å². The lowest BCUT2D eigenvalue weighted by Gasteiger charge is -2.34. The van der Waals surface area contributed by atoms with E-state index in [1.807, 2.05) is 25.3 Å². The van der Waals surface area contributed by atoms with E-state index in [2.05, 4.69) is 35.0 Å². The van der Waals surface area contributed by atoms with Crippen LogP contribution in [0.1, 0.15) is 56.6 Å². The topological polar surface area (TPSA) is 54.8 Å². The second-order valence-electron chi connectivity index (χ2n) is 9.20. The molecule has 1 saturated heterocycles. The third-order valence-electron chi connectivity index (χ3n) is 7.07. The van der Waals surface area contributed by atoms with Crippen LogP contribution >= 0.6 is 0 Å². The Morgan fingerprint density at radius 2 is 2.03 bits per heavy atom. The molecule has 1 N–H and O–H groups in total. The van der Waals surface area contributed by atoms with E-state index in [0.717, 1.165) is 44.0 Å². The molecule has 0 unspecified atom stereocenters. The van der Waals surface area contributed by atoms with Gasteiger partial charge >= 0.3 is 0 Å². The SMILES string of the molecule is COc1ccc([C@@H]2CN(Cc3cccnc3)C[C@@]2(C)[C@@H](C)O)cc1OC1CCCC1. The van der Waals surface area contributed by atoms with Crippen molar-refractivity contribution in [3.63, 3.8) is 0 Å². The monoisotopic (exact) mass is 410 g/mol. The van der Waals surface area contributed by atoms with Gasteiger partial charge in [-0.05, 0) is 61.9 Å². The van der Waals surface area contributed by atoms with Gasteiger partial charge in [0.15, 0.2) is 11.5 Å². The molecule has 5 nitrogen and oxygen atoms in total. The second kappa shape index (κ2) is 8.94. The van der Waals surface area contributed by atoms with Gasteiger partial charge in [0.1, 0.15) is 0 Å². The molecule has 1 aromatic carbocycles. The quantitative estimate of drug-likeness (QED) is 0.733. The third-order valence-corrected chi connectivity index (χ3v) is 7.07. The highest BCUT2D eigenvalue weighted by Crippen LogP contribution is 2.47. The van der Waals surface area contributed by atoms with Crippen LogP contribution in [0.25, 0.3) is 0 Å². The molecule has 1 aliphatic heterocycles. The number of hydrogen-bond acceptors (Lipinski definition) is 5. The molecular weight excluding hydrogens is 376 g/mol. The molecule has 3 atom stereocenters. The van der Waals surface area contributed by atoms with Crippen LogP contribution in [-0.4, -0.2) is 47.4 Å². The Labute approximate surface area is 180 Å². The molecule has 2 aromatic rings. The van der Waals surface area contributed by atoms with Gasteiger partial charge in [-0.3, -0.25) is 9.88 Å². The van der Waals surface area contributed by atoms with Crippen LogP contribution in [0, 0.1) is 5.41 Å². The van der Waals surface area contributed by atoms with Crippen LogP contribution in [0.2, 0.25) is 0 Å². The lowest BCUT2D eigenvalue weighted by Crippen LogP contribution is -2.37. The Morgan fingerprint density at radius 3 is 2.70 bits per heavy atom. The Balaban J connectivity index is 1.59. The molecule has 5 heteroatoms. The van der Waals surface area contributed by atoms with Crippen molar-refractivity contribution in [3.05, 3.63) is 53.9 Å². The van der Waals surface area contributed by atoms with E-state index < -0.39 is 6.10 Å². The number of benzene rings is 1. The van der Waals surface area contributed by atoms with Crippen molar-refractivity contribution in [2.45, 2.75) is 64.2 Å². The molecule has 162 valence electrons. The molecule has 0 amide bonds. The summed E-state index contributed by atoms with van der Waals surface area (Å²) in [6.07, 6.45) is 8.29. The maximum absolute atomic E-state index is 10.7. The highest BCUT2D eigenvalue weighted by atomic mass is 16.5. The van der Waals surface area contributed by atoms with E-state index >= 15 is 0 Å². The molecule has 0 spiro atoms. The van der Waals surface area contributed by atoms with Crippen LogP contribution in [0.3, 0.4) is 0 Å². The lowest BCUT2D eigenvalue weighted by molar-refractivity contribution is 0.0474. The Bertz CT molecular complexity index is 836. The minimum atomic E-state index is -0.414. The Kier molecular flexibility index (Phi) is 6.30. The fourth-order valence-electron chi connectivity index (χ4n) is 5.09. The first-order valence-electron chi connectivity index (χ1n) is 11.1. The van der Waals surface area contributed by atoms with Crippen LogP contribution in [-0.2, 0) is 6.54 Å². The van der Waals surface area contributed by atoms with Gasteiger partial charge in [-0.15, -0.1) is 0 Å². The molecule has 1 aromatic heterocycles. The zero-order valence-electron chi connectivity index (χ0n) is 18.4. The summed E-state index contributed by atoms with van der Waals surface area (Å²) in [4.78, 5) is 6.68.